The van der Waals surface area contributed by atoms with Gasteiger partial charge in [-0.3, -0.25) is 4.79 Å². The van der Waals surface area contributed by atoms with Crippen molar-refractivity contribution in [3.63, 3.8) is 0 Å². The monoisotopic (exact) mass is 429 g/mol. The fraction of sp³-hybridized carbons (Fsp3) is 0.100. The van der Waals surface area contributed by atoms with Gasteiger partial charge in [-0.05, 0) is 29.8 Å². The number of carbonyl (C=O) groups excluding carboxylic acids is 1. The maximum Gasteiger partial charge on any atom is 0.416 e. The number of carbonyl (C=O) groups is 1. The van der Waals surface area contributed by atoms with Crippen LogP contribution in [-0.4, -0.2) is 25.7 Å². The van der Waals surface area contributed by atoms with E-state index in [1.807, 2.05) is 6.07 Å². The third kappa shape index (κ3) is 4.54. The molecule has 0 atom stereocenters. The van der Waals surface area contributed by atoms with E-state index in [9.17, 15) is 18.0 Å². The molecule has 0 radical (unpaired) electrons. The van der Waals surface area contributed by atoms with Crippen LogP contribution in [0.4, 0.5) is 18.9 Å². The first kappa shape index (κ1) is 19.8. The highest BCUT2D eigenvalue weighted by molar-refractivity contribution is 7.13. The fourth-order valence-corrected chi connectivity index (χ4v) is 3.58. The Labute approximate surface area is 173 Å². The molecule has 1 N–H and O–H groups in total. The van der Waals surface area contributed by atoms with Crippen molar-refractivity contribution in [1.82, 2.24) is 19.7 Å². The molecule has 152 valence electrons. The second kappa shape index (κ2) is 8.07. The maximum absolute atomic E-state index is 12.9. The number of nitrogens with zero attached hydrogens (tertiary/aromatic N) is 4. The lowest BCUT2D eigenvalue weighted by Gasteiger charge is -2.07. The molecule has 2 heterocycles. The zero-order valence-corrected chi connectivity index (χ0v) is 16.1. The molecular weight excluding hydrogens is 415 g/mol. The second-order valence-corrected chi connectivity index (χ2v) is 7.22. The van der Waals surface area contributed by atoms with E-state index < -0.39 is 17.6 Å². The Kier molecular flexibility index (Phi) is 5.32. The van der Waals surface area contributed by atoms with Gasteiger partial charge in [0.1, 0.15) is 23.4 Å². The number of halogens is 3. The topological polar surface area (TPSA) is 72.7 Å². The van der Waals surface area contributed by atoms with Gasteiger partial charge in [0.2, 0.25) is 0 Å². The third-order valence-corrected chi connectivity index (χ3v) is 5.06. The lowest BCUT2D eigenvalue weighted by atomic mass is 10.1. The summed E-state index contributed by atoms with van der Waals surface area (Å²) in [5, 5.41) is 8.66. The molecule has 0 fully saturated rings. The molecule has 10 heteroatoms. The van der Waals surface area contributed by atoms with Crippen LogP contribution in [0.1, 0.15) is 21.6 Å². The van der Waals surface area contributed by atoms with E-state index in [1.165, 1.54) is 23.8 Å². The van der Waals surface area contributed by atoms with Crippen LogP contribution in [0.15, 0.2) is 66.6 Å². The van der Waals surface area contributed by atoms with Crippen LogP contribution in [0.3, 0.4) is 0 Å². The van der Waals surface area contributed by atoms with Crippen LogP contribution in [-0.2, 0) is 12.7 Å². The summed E-state index contributed by atoms with van der Waals surface area (Å²) in [6.45, 7) is 0.500. The number of aromatic nitrogens is 4. The zero-order valence-electron chi connectivity index (χ0n) is 15.3. The van der Waals surface area contributed by atoms with Gasteiger partial charge in [-0.25, -0.2) is 14.6 Å². The van der Waals surface area contributed by atoms with Gasteiger partial charge in [-0.2, -0.15) is 18.3 Å². The minimum atomic E-state index is -4.44. The predicted octanol–water partition coefficient (Wildman–Crippen LogP) is 4.72. The van der Waals surface area contributed by atoms with Crippen molar-refractivity contribution < 1.29 is 18.0 Å². The Morgan fingerprint density at radius 1 is 1.13 bits per heavy atom. The zero-order chi connectivity index (χ0) is 21.1. The lowest BCUT2D eigenvalue weighted by molar-refractivity contribution is -0.137. The Morgan fingerprint density at radius 2 is 1.97 bits per heavy atom. The number of amides is 1. The van der Waals surface area contributed by atoms with Crippen LogP contribution >= 0.6 is 11.3 Å². The molecule has 0 unspecified atom stereocenters. The van der Waals surface area contributed by atoms with Crippen LogP contribution in [0.2, 0.25) is 0 Å². The Morgan fingerprint density at radius 3 is 2.73 bits per heavy atom. The van der Waals surface area contributed by atoms with E-state index in [0.717, 1.165) is 29.0 Å². The van der Waals surface area contributed by atoms with Gasteiger partial charge in [0.15, 0.2) is 0 Å². The molecule has 2 aromatic heterocycles. The summed E-state index contributed by atoms with van der Waals surface area (Å²) < 4.78 is 40.4. The summed E-state index contributed by atoms with van der Waals surface area (Å²) in [6, 6.07) is 12.1. The van der Waals surface area contributed by atoms with Crippen LogP contribution in [0.5, 0.6) is 0 Å². The molecular formula is C20H14F3N5OS. The molecule has 4 rings (SSSR count). The summed E-state index contributed by atoms with van der Waals surface area (Å²) in [6.07, 6.45) is -1.41. The number of alkyl halides is 3. The lowest BCUT2D eigenvalue weighted by Crippen LogP contribution is -2.12. The first-order chi connectivity index (χ1) is 14.4. The molecule has 0 saturated carbocycles. The number of hydrogen-bond donors (Lipinski definition) is 1. The van der Waals surface area contributed by atoms with E-state index in [1.54, 1.807) is 29.2 Å². The van der Waals surface area contributed by atoms with Crippen molar-refractivity contribution in [2.75, 3.05) is 5.32 Å². The quantitative estimate of drug-likeness (QED) is 0.498. The summed E-state index contributed by atoms with van der Waals surface area (Å²) in [4.78, 5) is 20.6. The first-order valence-corrected chi connectivity index (χ1v) is 9.62. The van der Waals surface area contributed by atoms with E-state index >= 15 is 0 Å². The standard InChI is InChI=1S/C20H14F3N5OS/c21-20(22,23)15-5-2-4-14(8-15)19-27-17(10-30-19)18(29)26-16-6-1-3-13(7-16)9-28-12-24-11-25-28/h1-8,10-12H,9H2,(H,26,29). The highest BCUT2D eigenvalue weighted by Gasteiger charge is 2.30. The van der Waals surface area contributed by atoms with Crippen molar-refractivity contribution in [1.29, 1.82) is 0 Å². The molecule has 0 aliphatic heterocycles. The predicted molar refractivity (Wildman–Crippen MR) is 106 cm³/mol. The summed E-state index contributed by atoms with van der Waals surface area (Å²) in [5.41, 5.74) is 1.18. The molecule has 6 nitrogen and oxygen atoms in total. The van der Waals surface area contributed by atoms with E-state index in [0.29, 0.717) is 22.8 Å². The Hall–Kier alpha value is -3.53. The van der Waals surface area contributed by atoms with Crippen molar-refractivity contribution in [2.45, 2.75) is 12.7 Å². The molecule has 0 spiro atoms. The highest BCUT2D eigenvalue weighted by Crippen LogP contribution is 2.33. The van der Waals surface area contributed by atoms with Gasteiger partial charge in [0, 0.05) is 16.6 Å². The molecule has 2 aromatic carbocycles. The fourth-order valence-electron chi connectivity index (χ4n) is 2.78. The summed E-state index contributed by atoms with van der Waals surface area (Å²) >= 11 is 1.11. The number of rotatable bonds is 5. The molecule has 0 saturated heterocycles. The Bertz CT molecular complexity index is 1170. The highest BCUT2D eigenvalue weighted by atomic mass is 32.1. The molecule has 0 aliphatic carbocycles. The minimum absolute atomic E-state index is 0.133. The van der Waals surface area contributed by atoms with Crippen LogP contribution < -0.4 is 5.32 Å². The van der Waals surface area contributed by atoms with Gasteiger partial charge in [0.05, 0.1) is 12.1 Å². The molecule has 1 amide bonds. The number of nitrogens with one attached hydrogen (secondary N) is 1. The van der Waals surface area contributed by atoms with Crippen molar-refractivity contribution in [3.8, 4) is 10.6 Å². The molecule has 0 bridgehead atoms. The minimum Gasteiger partial charge on any atom is -0.321 e. The average molecular weight is 429 g/mol. The number of hydrogen-bond acceptors (Lipinski definition) is 5. The number of benzene rings is 2. The first-order valence-electron chi connectivity index (χ1n) is 8.74. The van der Waals surface area contributed by atoms with Gasteiger partial charge >= 0.3 is 6.18 Å². The SMILES string of the molecule is O=C(Nc1cccc(Cn2cncn2)c1)c1csc(-c2cccc(C(F)(F)F)c2)n1. The average Bonchev–Trinajstić information content (AvgIpc) is 3.40. The summed E-state index contributed by atoms with van der Waals surface area (Å²) in [5.74, 6) is -0.442. The molecule has 30 heavy (non-hydrogen) atoms. The van der Waals surface area contributed by atoms with E-state index in [4.69, 9.17) is 0 Å². The normalized spacial score (nSPS) is 11.4. The smallest absolute Gasteiger partial charge is 0.321 e. The Balaban J connectivity index is 1.49. The van der Waals surface area contributed by atoms with Crippen LogP contribution in [0.25, 0.3) is 10.6 Å². The van der Waals surface area contributed by atoms with Gasteiger partial charge in [-0.1, -0.05) is 24.3 Å². The van der Waals surface area contributed by atoms with Gasteiger partial charge in [0.25, 0.3) is 5.91 Å². The van der Waals surface area contributed by atoms with Gasteiger partial charge in [-0.15, -0.1) is 11.3 Å². The van der Waals surface area contributed by atoms with E-state index in [-0.39, 0.29) is 5.69 Å². The van der Waals surface area contributed by atoms with Crippen molar-refractivity contribution in [3.05, 3.63) is 83.4 Å². The maximum atomic E-state index is 12.9. The van der Waals surface area contributed by atoms with Crippen molar-refractivity contribution >= 4 is 22.9 Å². The number of thiazole rings is 1. The van der Waals surface area contributed by atoms with Crippen LogP contribution in [0, 0.1) is 0 Å². The molecule has 0 aliphatic rings. The third-order valence-electron chi connectivity index (χ3n) is 4.17. The largest absolute Gasteiger partial charge is 0.416 e. The summed E-state index contributed by atoms with van der Waals surface area (Å²) in [7, 11) is 0. The number of anilines is 1. The van der Waals surface area contributed by atoms with E-state index in [2.05, 4.69) is 20.4 Å². The van der Waals surface area contributed by atoms with Crippen molar-refractivity contribution in [2.24, 2.45) is 0 Å². The second-order valence-electron chi connectivity index (χ2n) is 6.36. The van der Waals surface area contributed by atoms with Gasteiger partial charge < -0.3 is 5.32 Å². The molecule has 4 aromatic rings.